The summed E-state index contributed by atoms with van der Waals surface area (Å²) in [6.07, 6.45) is 2.90. The summed E-state index contributed by atoms with van der Waals surface area (Å²) in [6.45, 7) is 1.43. The van der Waals surface area contributed by atoms with Crippen LogP contribution in [0.2, 0.25) is 0 Å². The molecule has 5 heteroatoms. The first kappa shape index (κ1) is 10.2. The van der Waals surface area contributed by atoms with E-state index in [0.29, 0.717) is 5.56 Å². The highest BCUT2D eigenvalue weighted by molar-refractivity contribution is 5.93. The minimum Gasteiger partial charge on any atom is -0.499 e. The van der Waals surface area contributed by atoms with E-state index >= 15 is 0 Å². The summed E-state index contributed by atoms with van der Waals surface area (Å²) < 4.78 is 1.31. The van der Waals surface area contributed by atoms with Crippen LogP contribution in [0.15, 0.2) is 34.1 Å². The van der Waals surface area contributed by atoms with Crippen LogP contribution in [0, 0.1) is 0 Å². The summed E-state index contributed by atoms with van der Waals surface area (Å²) in [5.74, 6) is -0.632. The van der Waals surface area contributed by atoms with Crippen molar-refractivity contribution in [1.29, 1.82) is 0 Å². The molecule has 0 amide bonds. The molecule has 0 unspecified atom stereocenters. The molecule has 0 radical (unpaired) electrons. The van der Waals surface area contributed by atoms with E-state index in [4.69, 9.17) is 0 Å². The Bertz CT molecular complexity index is 633. The zero-order chi connectivity index (χ0) is 11.9. The standard InChI is InChI=1S/C11H7NO4/c1-6(13)7-2-4-12(5-3-7)8-9(14)11(16)10(8)15/h2-5H,1H3/p+1. The molecule has 0 aliphatic heterocycles. The number of aromatic nitrogens is 1. The summed E-state index contributed by atoms with van der Waals surface area (Å²) in [5, 5.41) is 9.20. The van der Waals surface area contributed by atoms with Gasteiger partial charge >= 0.3 is 11.1 Å². The van der Waals surface area contributed by atoms with E-state index in [2.05, 4.69) is 0 Å². The first-order valence-electron chi connectivity index (χ1n) is 4.57. The van der Waals surface area contributed by atoms with Crippen LogP contribution in [0.1, 0.15) is 17.3 Å². The average molecular weight is 218 g/mol. The van der Waals surface area contributed by atoms with Gasteiger partial charge in [-0.3, -0.25) is 14.4 Å². The smallest absolute Gasteiger partial charge is 0.309 e. The first-order chi connectivity index (χ1) is 7.52. The first-order valence-corrected chi connectivity index (χ1v) is 4.57. The number of hydrogen-bond acceptors (Lipinski definition) is 4. The van der Waals surface area contributed by atoms with Gasteiger partial charge in [0.2, 0.25) is 5.75 Å². The number of hydrogen-bond donors (Lipinski definition) is 1. The predicted molar refractivity (Wildman–Crippen MR) is 54.6 cm³/mol. The van der Waals surface area contributed by atoms with Gasteiger partial charge < -0.3 is 5.11 Å². The fraction of sp³-hybridized carbons (Fsp3) is 0.0909. The van der Waals surface area contributed by atoms with Gasteiger partial charge in [0.25, 0.3) is 5.43 Å². The van der Waals surface area contributed by atoms with Crippen LogP contribution < -0.4 is 15.4 Å². The van der Waals surface area contributed by atoms with E-state index in [-0.39, 0.29) is 11.5 Å². The molecule has 0 fully saturated rings. The fourth-order valence-corrected chi connectivity index (χ4v) is 1.42. The highest BCUT2D eigenvalue weighted by atomic mass is 16.3. The number of rotatable bonds is 2. The molecule has 2 aromatic rings. The van der Waals surface area contributed by atoms with Crippen molar-refractivity contribution in [2.75, 3.05) is 0 Å². The lowest BCUT2D eigenvalue weighted by Crippen LogP contribution is -2.46. The third-order valence-electron chi connectivity index (χ3n) is 2.35. The molecule has 2 rings (SSSR count). The highest BCUT2D eigenvalue weighted by Gasteiger charge is 2.29. The molecule has 1 heterocycles. The van der Waals surface area contributed by atoms with Gasteiger partial charge in [-0.25, -0.2) is 0 Å². The maximum absolute atomic E-state index is 11.1. The van der Waals surface area contributed by atoms with Crippen molar-refractivity contribution < 1.29 is 14.5 Å². The maximum Gasteiger partial charge on any atom is 0.309 e. The molecular weight excluding hydrogens is 210 g/mol. The molecule has 1 aromatic heterocycles. The molecule has 0 aliphatic carbocycles. The Labute approximate surface area is 89.9 Å². The number of carbonyl (C=O) groups excluding carboxylic acids is 1. The molecule has 0 aliphatic rings. The second-order valence-corrected chi connectivity index (χ2v) is 3.41. The Kier molecular flexibility index (Phi) is 2.16. The normalized spacial score (nSPS) is 10.6. The van der Waals surface area contributed by atoms with Gasteiger partial charge in [-0.05, 0) is 6.92 Å². The zero-order valence-electron chi connectivity index (χ0n) is 8.43. The summed E-state index contributed by atoms with van der Waals surface area (Å²) in [7, 11) is 0. The fourth-order valence-electron chi connectivity index (χ4n) is 1.42. The SMILES string of the molecule is CC(=O)c1cc[n+](-c2c(O)c(=O)c2=O)cc1. The number of carbonyl (C=O) groups is 1. The van der Waals surface area contributed by atoms with Gasteiger partial charge in [-0.2, -0.15) is 4.57 Å². The molecule has 0 saturated carbocycles. The number of pyridine rings is 1. The summed E-state index contributed by atoms with van der Waals surface area (Å²) in [4.78, 5) is 32.9. The second kappa shape index (κ2) is 3.37. The van der Waals surface area contributed by atoms with Gasteiger partial charge in [-0.15, -0.1) is 0 Å². The molecule has 80 valence electrons. The minimum absolute atomic E-state index is 0.0555. The van der Waals surface area contributed by atoms with E-state index in [1.54, 1.807) is 0 Å². The van der Waals surface area contributed by atoms with Crippen molar-refractivity contribution in [2.24, 2.45) is 0 Å². The molecule has 0 saturated heterocycles. The zero-order valence-corrected chi connectivity index (χ0v) is 8.43. The van der Waals surface area contributed by atoms with Gasteiger partial charge in [0.15, 0.2) is 18.2 Å². The summed E-state index contributed by atoms with van der Waals surface area (Å²) >= 11 is 0. The summed E-state index contributed by atoms with van der Waals surface area (Å²) in [6, 6.07) is 3.03. The quantitative estimate of drug-likeness (QED) is 0.417. The van der Waals surface area contributed by atoms with Gasteiger partial charge in [0.05, 0.1) is 0 Å². The number of nitrogens with zero attached hydrogens (tertiary/aromatic N) is 1. The summed E-state index contributed by atoms with van der Waals surface area (Å²) in [5.41, 5.74) is -1.16. The van der Waals surface area contributed by atoms with Crippen LogP contribution in [0.3, 0.4) is 0 Å². The van der Waals surface area contributed by atoms with Crippen molar-refractivity contribution in [1.82, 2.24) is 0 Å². The Morgan fingerprint density at radius 2 is 1.75 bits per heavy atom. The molecular formula is C11H8NO4+. The Morgan fingerprint density at radius 1 is 1.19 bits per heavy atom. The second-order valence-electron chi connectivity index (χ2n) is 3.41. The van der Waals surface area contributed by atoms with E-state index < -0.39 is 16.6 Å². The lowest BCUT2D eigenvalue weighted by Gasteiger charge is -1.99. The van der Waals surface area contributed by atoms with E-state index in [9.17, 15) is 19.5 Å². The molecule has 5 nitrogen and oxygen atoms in total. The Morgan fingerprint density at radius 3 is 2.19 bits per heavy atom. The Balaban J connectivity index is 2.48. The van der Waals surface area contributed by atoms with Crippen molar-refractivity contribution in [3.05, 3.63) is 50.5 Å². The highest BCUT2D eigenvalue weighted by Crippen LogP contribution is 2.07. The largest absolute Gasteiger partial charge is 0.499 e. The molecule has 16 heavy (non-hydrogen) atoms. The van der Waals surface area contributed by atoms with Crippen molar-refractivity contribution in [2.45, 2.75) is 6.92 Å². The monoisotopic (exact) mass is 218 g/mol. The van der Waals surface area contributed by atoms with Crippen molar-refractivity contribution in [3.8, 4) is 11.4 Å². The lowest BCUT2D eigenvalue weighted by molar-refractivity contribution is -0.598. The molecule has 1 aromatic carbocycles. The number of aromatic hydroxyl groups is 1. The van der Waals surface area contributed by atoms with Crippen LogP contribution in [0.25, 0.3) is 5.69 Å². The van der Waals surface area contributed by atoms with Crippen LogP contribution in [0.4, 0.5) is 0 Å². The van der Waals surface area contributed by atoms with E-state index in [1.807, 2.05) is 0 Å². The molecule has 0 spiro atoms. The van der Waals surface area contributed by atoms with Crippen molar-refractivity contribution >= 4 is 5.78 Å². The molecule has 0 bridgehead atoms. The van der Waals surface area contributed by atoms with Gasteiger partial charge in [-0.1, -0.05) is 0 Å². The number of ketones is 1. The van der Waals surface area contributed by atoms with Gasteiger partial charge in [0, 0.05) is 17.7 Å². The van der Waals surface area contributed by atoms with E-state index in [1.165, 1.54) is 36.0 Å². The minimum atomic E-state index is -0.877. The van der Waals surface area contributed by atoms with Crippen LogP contribution in [0.5, 0.6) is 5.75 Å². The third-order valence-corrected chi connectivity index (χ3v) is 2.35. The van der Waals surface area contributed by atoms with Gasteiger partial charge in [0.1, 0.15) is 0 Å². The Hall–Kier alpha value is -2.30. The lowest BCUT2D eigenvalue weighted by atomic mass is 10.2. The average Bonchev–Trinajstić information content (AvgIpc) is 2.29. The van der Waals surface area contributed by atoms with Crippen LogP contribution >= 0.6 is 0 Å². The van der Waals surface area contributed by atoms with Crippen molar-refractivity contribution in [3.63, 3.8) is 0 Å². The number of Topliss-reactive ketones (excluding diaryl/α,β-unsaturated/α-hetero) is 1. The third kappa shape index (κ3) is 1.33. The predicted octanol–water partition coefficient (Wildman–Crippen LogP) is -0.533. The molecule has 0 atom stereocenters. The maximum atomic E-state index is 11.1. The van der Waals surface area contributed by atoms with Crippen LogP contribution in [-0.2, 0) is 0 Å². The van der Waals surface area contributed by atoms with E-state index in [0.717, 1.165) is 0 Å². The molecule has 1 N–H and O–H groups in total. The van der Waals surface area contributed by atoms with Crippen LogP contribution in [-0.4, -0.2) is 10.9 Å². The topological polar surface area (TPSA) is 75.3 Å².